The molecular weight excluding hydrogens is 248 g/mol. The van der Waals surface area contributed by atoms with Crippen LogP contribution in [0, 0.1) is 20.8 Å². The molecule has 1 unspecified atom stereocenters. The molecule has 108 valence electrons. The SMILES string of the molecule is CCn1nc(C)cc1C(Cc1cc(C)cc(C)c1)NN. The minimum Gasteiger partial charge on any atom is -0.271 e. The van der Waals surface area contributed by atoms with Gasteiger partial charge in [0.05, 0.1) is 17.4 Å². The highest BCUT2D eigenvalue weighted by molar-refractivity contribution is 5.30. The number of hydrazine groups is 1. The quantitative estimate of drug-likeness (QED) is 0.650. The molecule has 1 aromatic heterocycles. The van der Waals surface area contributed by atoms with Gasteiger partial charge in [-0.3, -0.25) is 16.0 Å². The molecule has 2 aromatic rings. The van der Waals surface area contributed by atoms with Crippen molar-refractivity contribution in [1.29, 1.82) is 0 Å². The summed E-state index contributed by atoms with van der Waals surface area (Å²) < 4.78 is 2.02. The molecule has 0 amide bonds. The lowest BCUT2D eigenvalue weighted by atomic mass is 9.99. The minimum absolute atomic E-state index is 0.0809. The second-order valence-corrected chi connectivity index (χ2v) is 5.45. The zero-order chi connectivity index (χ0) is 14.7. The van der Waals surface area contributed by atoms with Crippen molar-refractivity contribution in [2.75, 3.05) is 0 Å². The first-order valence-electron chi connectivity index (χ1n) is 7.11. The Morgan fingerprint density at radius 3 is 2.35 bits per heavy atom. The van der Waals surface area contributed by atoms with E-state index in [2.05, 4.69) is 55.6 Å². The predicted molar refractivity (Wildman–Crippen MR) is 82.3 cm³/mol. The van der Waals surface area contributed by atoms with Crippen LogP contribution in [0.1, 0.15) is 41.0 Å². The van der Waals surface area contributed by atoms with Gasteiger partial charge >= 0.3 is 0 Å². The Morgan fingerprint density at radius 2 is 1.80 bits per heavy atom. The molecule has 1 atom stereocenters. The van der Waals surface area contributed by atoms with Gasteiger partial charge in [0, 0.05) is 6.54 Å². The number of hydrogen-bond acceptors (Lipinski definition) is 3. The molecule has 3 N–H and O–H groups in total. The van der Waals surface area contributed by atoms with Gasteiger partial charge in [-0.05, 0) is 45.7 Å². The fraction of sp³-hybridized carbons (Fsp3) is 0.438. The Kier molecular flexibility index (Phi) is 4.57. The molecule has 0 aliphatic rings. The lowest BCUT2D eigenvalue weighted by Crippen LogP contribution is -2.31. The zero-order valence-corrected chi connectivity index (χ0v) is 12.8. The van der Waals surface area contributed by atoms with Crippen LogP contribution in [0.2, 0.25) is 0 Å². The highest BCUT2D eigenvalue weighted by Gasteiger charge is 2.16. The molecule has 0 spiro atoms. The summed E-state index contributed by atoms with van der Waals surface area (Å²) in [5.74, 6) is 5.77. The average Bonchev–Trinajstić information content (AvgIpc) is 2.76. The van der Waals surface area contributed by atoms with Gasteiger partial charge in [0.2, 0.25) is 0 Å². The van der Waals surface area contributed by atoms with E-state index in [-0.39, 0.29) is 6.04 Å². The van der Waals surface area contributed by atoms with Gasteiger partial charge in [-0.1, -0.05) is 29.3 Å². The van der Waals surface area contributed by atoms with E-state index in [1.54, 1.807) is 0 Å². The lowest BCUT2D eigenvalue weighted by molar-refractivity contribution is 0.490. The predicted octanol–water partition coefficient (Wildman–Crippen LogP) is 2.58. The summed E-state index contributed by atoms with van der Waals surface area (Å²) in [5.41, 5.74) is 8.98. The van der Waals surface area contributed by atoms with Gasteiger partial charge in [0.1, 0.15) is 0 Å². The molecule has 2 rings (SSSR count). The normalized spacial score (nSPS) is 12.7. The molecule has 0 saturated heterocycles. The van der Waals surface area contributed by atoms with Crippen molar-refractivity contribution >= 4 is 0 Å². The molecule has 0 fully saturated rings. The summed E-state index contributed by atoms with van der Waals surface area (Å²) in [7, 11) is 0. The van der Waals surface area contributed by atoms with Gasteiger partial charge in [-0.25, -0.2) is 0 Å². The van der Waals surface area contributed by atoms with Gasteiger partial charge in [0.25, 0.3) is 0 Å². The smallest absolute Gasteiger partial charge is 0.0669 e. The molecule has 0 saturated carbocycles. The Labute approximate surface area is 121 Å². The van der Waals surface area contributed by atoms with E-state index in [4.69, 9.17) is 5.84 Å². The van der Waals surface area contributed by atoms with Crippen LogP contribution in [0.5, 0.6) is 0 Å². The first-order valence-corrected chi connectivity index (χ1v) is 7.11. The highest BCUT2D eigenvalue weighted by atomic mass is 15.3. The fourth-order valence-electron chi connectivity index (χ4n) is 2.77. The second kappa shape index (κ2) is 6.20. The van der Waals surface area contributed by atoms with Crippen LogP contribution < -0.4 is 11.3 Å². The topological polar surface area (TPSA) is 55.9 Å². The van der Waals surface area contributed by atoms with E-state index in [9.17, 15) is 0 Å². The van der Waals surface area contributed by atoms with Crippen LogP contribution in [0.15, 0.2) is 24.3 Å². The maximum Gasteiger partial charge on any atom is 0.0669 e. The number of rotatable bonds is 5. The third-order valence-electron chi connectivity index (χ3n) is 3.51. The average molecular weight is 272 g/mol. The number of aromatic nitrogens is 2. The third-order valence-corrected chi connectivity index (χ3v) is 3.51. The first kappa shape index (κ1) is 14.8. The molecule has 0 bridgehead atoms. The van der Waals surface area contributed by atoms with Gasteiger partial charge in [0.15, 0.2) is 0 Å². The standard InChI is InChI=1S/C16H24N4/c1-5-20-16(9-13(4)19-20)15(18-17)10-14-7-11(2)6-12(3)8-14/h6-9,15,18H,5,10,17H2,1-4H3. The maximum atomic E-state index is 5.77. The van der Waals surface area contributed by atoms with Crippen molar-refractivity contribution in [3.63, 3.8) is 0 Å². The van der Waals surface area contributed by atoms with Crippen LogP contribution in [-0.4, -0.2) is 9.78 Å². The van der Waals surface area contributed by atoms with Crippen LogP contribution in [0.25, 0.3) is 0 Å². The van der Waals surface area contributed by atoms with Gasteiger partial charge < -0.3 is 0 Å². The summed E-state index contributed by atoms with van der Waals surface area (Å²) >= 11 is 0. The summed E-state index contributed by atoms with van der Waals surface area (Å²) in [5, 5.41) is 4.50. The molecule has 4 nitrogen and oxygen atoms in total. The molecule has 1 aromatic carbocycles. The largest absolute Gasteiger partial charge is 0.271 e. The number of hydrogen-bond donors (Lipinski definition) is 2. The van der Waals surface area contributed by atoms with E-state index in [1.165, 1.54) is 16.7 Å². The van der Waals surface area contributed by atoms with Crippen molar-refractivity contribution in [2.24, 2.45) is 5.84 Å². The van der Waals surface area contributed by atoms with Crippen molar-refractivity contribution in [2.45, 2.75) is 46.7 Å². The number of nitrogens with two attached hydrogens (primary N) is 1. The number of nitrogens with one attached hydrogen (secondary N) is 1. The number of aryl methyl sites for hydroxylation is 4. The van der Waals surface area contributed by atoms with E-state index in [1.807, 2.05) is 11.6 Å². The number of benzene rings is 1. The molecule has 0 radical (unpaired) electrons. The maximum absolute atomic E-state index is 5.77. The molecular formula is C16H24N4. The Morgan fingerprint density at radius 1 is 1.15 bits per heavy atom. The molecule has 20 heavy (non-hydrogen) atoms. The highest BCUT2D eigenvalue weighted by Crippen LogP contribution is 2.20. The zero-order valence-electron chi connectivity index (χ0n) is 12.8. The van der Waals surface area contributed by atoms with Crippen molar-refractivity contribution in [3.8, 4) is 0 Å². The van der Waals surface area contributed by atoms with Crippen molar-refractivity contribution in [3.05, 3.63) is 52.3 Å². The third kappa shape index (κ3) is 3.26. The van der Waals surface area contributed by atoms with E-state index < -0.39 is 0 Å². The number of nitrogens with zero attached hydrogens (tertiary/aromatic N) is 2. The van der Waals surface area contributed by atoms with Crippen LogP contribution in [0.4, 0.5) is 0 Å². The Hall–Kier alpha value is -1.65. The molecule has 4 heteroatoms. The van der Waals surface area contributed by atoms with Crippen LogP contribution in [0.3, 0.4) is 0 Å². The Bertz CT molecular complexity index is 566. The van der Waals surface area contributed by atoms with Crippen molar-refractivity contribution < 1.29 is 0 Å². The summed E-state index contributed by atoms with van der Waals surface area (Å²) in [6.07, 6.45) is 0.865. The van der Waals surface area contributed by atoms with Crippen LogP contribution in [-0.2, 0) is 13.0 Å². The summed E-state index contributed by atoms with van der Waals surface area (Å²) in [6, 6.07) is 8.82. The van der Waals surface area contributed by atoms with E-state index >= 15 is 0 Å². The fourth-order valence-corrected chi connectivity index (χ4v) is 2.77. The Balaban J connectivity index is 2.28. The second-order valence-electron chi connectivity index (χ2n) is 5.45. The summed E-state index contributed by atoms with van der Waals surface area (Å²) in [4.78, 5) is 0. The van der Waals surface area contributed by atoms with Crippen molar-refractivity contribution in [1.82, 2.24) is 15.2 Å². The molecule has 0 aliphatic heterocycles. The molecule has 1 heterocycles. The van der Waals surface area contributed by atoms with Gasteiger partial charge in [-0.15, -0.1) is 0 Å². The summed E-state index contributed by atoms with van der Waals surface area (Å²) in [6.45, 7) is 9.22. The lowest BCUT2D eigenvalue weighted by Gasteiger charge is -2.18. The van der Waals surface area contributed by atoms with Crippen LogP contribution >= 0.6 is 0 Å². The van der Waals surface area contributed by atoms with Gasteiger partial charge in [-0.2, -0.15) is 5.10 Å². The first-order chi connectivity index (χ1) is 9.53. The van der Waals surface area contributed by atoms with E-state index in [0.717, 1.165) is 24.4 Å². The minimum atomic E-state index is 0.0809. The van der Waals surface area contributed by atoms with E-state index in [0.29, 0.717) is 0 Å². The molecule has 0 aliphatic carbocycles. The monoisotopic (exact) mass is 272 g/mol.